The van der Waals surface area contributed by atoms with Gasteiger partial charge in [-0.2, -0.15) is 0 Å². The van der Waals surface area contributed by atoms with Crippen LogP contribution in [0.25, 0.3) is 0 Å². The van der Waals surface area contributed by atoms with E-state index in [1.54, 1.807) is 49.4 Å². The summed E-state index contributed by atoms with van der Waals surface area (Å²) in [6, 6.07) is 14.8. The van der Waals surface area contributed by atoms with Gasteiger partial charge in [-0.15, -0.1) is 0 Å². The Bertz CT molecular complexity index is 903. The number of halogens is 1. The summed E-state index contributed by atoms with van der Waals surface area (Å²) >= 11 is 0.783. The van der Waals surface area contributed by atoms with Gasteiger partial charge < -0.3 is 14.2 Å². The van der Waals surface area contributed by atoms with Crippen molar-refractivity contribution in [3.05, 3.63) is 71.3 Å². The van der Waals surface area contributed by atoms with E-state index in [0.29, 0.717) is 11.1 Å². The molecule has 0 bridgehead atoms. The fourth-order valence-electron chi connectivity index (χ4n) is 2.80. The first-order valence-electron chi connectivity index (χ1n) is 8.86. The maximum Gasteiger partial charge on any atom is 0.339 e. The molecular weight excluding hydrogens is 399 g/mol. The van der Waals surface area contributed by atoms with E-state index in [1.165, 1.54) is 12.1 Å². The van der Waals surface area contributed by atoms with Gasteiger partial charge in [-0.1, -0.05) is 48.2 Å². The predicted octanol–water partition coefficient (Wildman–Crippen LogP) is 3.68. The fraction of sp³-hybridized carbons (Fsp3) is 0.286. The molecule has 1 unspecified atom stereocenters. The van der Waals surface area contributed by atoms with Crippen molar-refractivity contribution in [2.24, 2.45) is 0 Å². The van der Waals surface area contributed by atoms with Crippen molar-refractivity contribution in [1.82, 2.24) is 0 Å². The Morgan fingerprint density at radius 2 is 1.52 bits per heavy atom. The van der Waals surface area contributed by atoms with Gasteiger partial charge in [-0.25, -0.2) is 14.0 Å². The molecule has 0 aromatic heterocycles. The summed E-state index contributed by atoms with van der Waals surface area (Å²) in [6.45, 7) is 2.90. The monoisotopic (exact) mass is 418 g/mol. The molecule has 0 amide bonds. The first-order chi connectivity index (χ1) is 13.9. The van der Waals surface area contributed by atoms with Crippen LogP contribution in [0.4, 0.5) is 4.39 Å². The summed E-state index contributed by atoms with van der Waals surface area (Å²) in [5.74, 6) is -2.14. The van der Waals surface area contributed by atoms with Crippen LogP contribution in [0.3, 0.4) is 0 Å². The van der Waals surface area contributed by atoms with E-state index in [0.717, 1.165) is 18.7 Å². The first-order valence-corrected chi connectivity index (χ1v) is 9.80. The zero-order valence-electron chi connectivity index (χ0n) is 15.7. The Kier molecular flexibility index (Phi) is 6.53. The summed E-state index contributed by atoms with van der Waals surface area (Å²) < 4.78 is 30.7. The van der Waals surface area contributed by atoms with Crippen molar-refractivity contribution in [2.45, 2.75) is 37.0 Å². The third-order valence-electron chi connectivity index (χ3n) is 4.23. The lowest BCUT2D eigenvalue weighted by Gasteiger charge is -2.20. The number of ether oxygens (including phenoxy) is 3. The summed E-state index contributed by atoms with van der Waals surface area (Å²) in [6.07, 6.45) is -3.28. The predicted molar refractivity (Wildman–Crippen MR) is 104 cm³/mol. The fourth-order valence-corrected chi connectivity index (χ4v) is 4.06. The highest BCUT2D eigenvalue weighted by Crippen LogP contribution is 2.40. The minimum Gasteiger partial charge on any atom is -0.451 e. The number of thioether (sulfide) groups is 1. The number of esters is 3. The molecule has 1 heterocycles. The van der Waals surface area contributed by atoms with E-state index in [-0.39, 0.29) is 5.56 Å². The maximum absolute atomic E-state index is 15.0. The van der Waals surface area contributed by atoms with Crippen molar-refractivity contribution in [1.29, 1.82) is 0 Å². The molecule has 6 nitrogen and oxygen atoms in total. The molecule has 1 aliphatic rings. The first kappa shape index (κ1) is 20.9. The molecular formula is C21H19FO6S. The molecule has 4 atom stereocenters. The lowest BCUT2D eigenvalue weighted by molar-refractivity contribution is -0.147. The Morgan fingerprint density at radius 1 is 0.862 bits per heavy atom. The van der Waals surface area contributed by atoms with Crippen molar-refractivity contribution in [3.8, 4) is 0 Å². The Labute approximate surface area is 171 Å². The SMILES string of the molecule is CC(=O)OC1S[C@@H](OC(=O)c2ccccc2C)[C@@H](F)[C@H]1OC(=O)c1ccccc1. The highest BCUT2D eigenvalue weighted by atomic mass is 32.2. The van der Waals surface area contributed by atoms with Crippen LogP contribution < -0.4 is 0 Å². The number of benzene rings is 2. The van der Waals surface area contributed by atoms with Gasteiger partial charge in [0.2, 0.25) is 0 Å². The molecule has 0 saturated carbocycles. The zero-order chi connectivity index (χ0) is 21.0. The molecule has 29 heavy (non-hydrogen) atoms. The van der Waals surface area contributed by atoms with Gasteiger partial charge in [0.1, 0.15) is 0 Å². The third kappa shape index (κ3) is 4.95. The highest BCUT2D eigenvalue weighted by Gasteiger charge is 2.51. The van der Waals surface area contributed by atoms with Crippen molar-refractivity contribution >= 4 is 29.7 Å². The molecule has 2 aromatic rings. The lowest BCUT2D eigenvalue weighted by atomic mass is 10.1. The second-order valence-corrected chi connectivity index (χ2v) is 7.58. The number of hydrogen-bond acceptors (Lipinski definition) is 7. The normalized spacial score (nSPS) is 23.3. The molecule has 1 saturated heterocycles. The van der Waals surface area contributed by atoms with E-state index in [9.17, 15) is 14.4 Å². The minimum absolute atomic E-state index is 0.228. The van der Waals surface area contributed by atoms with Gasteiger partial charge in [0.15, 0.2) is 23.1 Å². The number of alkyl halides is 1. The van der Waals surface area contributed by atoms with Crippen LogP contribution in [0.15, 0.2) is 54.6 Å². The second-order valence-electron chi connectivity index (χ2n) is 6.38. The van der Waals surface area contributed by atoms with Crippen LogP contribution in [-0.4, -0.2) is 41.1 Å². The van der Waals surface area contributed by atoms with Gasteiger partial charge in [0.05, 0.1) is 11.1 Å². The quantitative estimate of drug-likeness (QED) is 0.541. The molecule has 0 N–H and O–H groups in total. The third-order valence-corrected chi connectivity index (χ3v) is 5.49. The number of aryl methyl sites for hydroxylation is 1. The number of hydrogen-bond donors (Lipinski definition) is 0. The van der Waals surface area contributed by atoms with E-state index >= 15 is 4.39 Å². The summed E-state index contributed by atoms with van der Waals surface area (Å²) in [5, 5.41) is 0. The Hall–Kier alpha value is -2.87. The van der Waals surface area contributed by atoms with Crippen molar-refractivity contribution < 1.29 is 33.0 Å². The molecule has 1 aliphatic heterocycles. The molecule has 3 rings (SSSR count). The minimum atomic E-state index is -1.87. The number of carbonyl (C=O) groups is 3. The largest absolute Gasteiger partial charge is 0.451 e. The topological polar surface area (TPSA) is 78.9 Å². The van der Waals surface area contributed by atoms with Gasteiger partial charge >= 0.3 is 17.9 Å². The molecule has 0 spiro atoms. The van der Waals surface area contributed by atoms with Crippen molar-refractivity contribution in [3.63, 3.8) is 0 Å². The molecule has 8 heteroatoms. The lowest BCUT2D eigenvalue weighted by Crippen LogP contribution is -2.37. The summed E-state index contributed by atoms with van der Waals surface area (Å²) in [4.78, 5) is 36.2. The zero-order valence-corrected chi connectivity index (χ0v) is 16.6. The van der Waals surface area contributed by atoms with E-state index < -0.39 is 41.1 Å². The second kappa shape index (κ2) is 9.09. The highest BCUT2D eigenvalue weighted by molar-refractivity contribution is 8.00. The van der Waals surface area contributed by atoms with Gasteiger partial charge in [0.25, 0.3) is 0 Å². The number of rotatable bonds is 5. The Balaban J connectivity index is 1.75. The molecule has 0 radical (unpaired) electrons. The standard InChI is InChI=1S/C21H19FO6S/c1-12-8-6-7-11-15(12)19(25)28-20-16(22)17(21(29-20)26-13(2)23)27-18(24)14-9-4-3-5-10-14/h3-11,16-17,20-21H,1-2H3/t16-,17+,20+,21?/m0/s1. The van der Waals surface area contributed by atoms with Gasteiger partial charge in [0, 0.05) is 6.92 Å². The van der Waals surface area contributed by atoms with E-state index in [1.807, 2.05) is 0 Å². The molecule has 2 aromatic carbocycles. The van der Waals surface area contributed by atoms with Crippen molar-refractivity contribution in [2.75, 3.05) is 0 Å². The summed E-state index contributed by atoms with van der Waals surface area (Å²) in [7, 11) is 0. The molecule has 1 fully saturated rings. The van der Waals surface area contributed by atoms with Crippen LogP contribution in [-0.2, 0) is 19.0 Å². The van der Waals surface area contributed by atoms with Gasteiger partial charge in [-0.3, -0.25) is 4.79 Å². The average Bonchev–Trinajstić information content (AvgIpc) is 2.97. The summed E-state index contributed by atoms with van der Waals surface area (Å²) in [5.41, 5.74) is -1.22. The average molecular weight is 418 g/mol. The molecule has 152 valence electrons. The Morgan fingerprint density at radius 3 is 2.17 bits per heavy atom. The smallest absolute Gasteiger partial charge is 0.339 e. The van der Waals surface area contributed by atoms with Crippen LogP contribution in [0, 0.1) is 6.92 Å². The molecule has 0 aliphatic carbocycles. The van der Waals surface area contributed by atoms with Gasteiger partial charge in [-0.05, 0) is 30.7 Å². The van der Waals surface area contributed by atoms with Crippen LogP contribution >= 0.6 is 11.8 Å². The maximum atomic E-state index is 15.0. The van der Waals surface area contributed by atoms with E-state index in [4.69, 9.17) is 14.2 Å². The van der Waals surface area contributed by atoms with E-state index in [2.05, 4.69) is 0 Å². The van der Waals surface area contributed by atoms with Crippen LogP contribution in [0.5, 0.6) is 0 Å². The van der Waals surface area contributed by atoms with Crippen LogP contribution in [0.1, 0.15) is 33.2 Å². The number of carbonyl (C=O) groups excluding carboxylic acids is 3. The van der Waals surface area contributed by atoms with Crippen LogP contribution in [0.2, 0.25) is 0 Å².